The van der Waals surface area contributed by atoms with Crippen LogP contribution in [0.2, 0.25) is 0 Å². The summed E-state index contributed by atoms with van der Waals surface area (Å²) in [6.07, 6.45) is 12.7. The second-order valence-corrected chi connectivity index (χ2v) is 10.7. The summed E-state index contributed by atoms with van der Waals surface area (Å²) in [5.74, 6) is 2.73. The van der Waals surface area contributed by atoms with Crippen molar-refractivity contribution in [3.05, 3.63) is 12.7 Å². The molecule has 4 fully saturated rings. The van der Waals surface area contributed by atoms with Gasteiger partial charge in [0.25, 0.3) is 0 Å². The Kier molecular flexibility index (Phi) is 5.65. The van der Waals surface area contributed by atoms with Crippen molar-refractivity contribution < 1.29 is 19.0 Å². The fraction of sp³-hybridized carbons (Fsp3) is 0.880. The van der Waals surface area contributed by atoms with Crippen LogP contribution in [0, 0.1) is 40.4 Å². The highest BCUT2D eigenvalue weighted by atomic mass is 16.7. The SMILES string of the molecule is C=C[C@H]1CC[C@H]2[C@@H]3CC[C@H]4CC(OC)(OC)CC[C@]4(COC(C)=O)[C@H]3CC[C@]12C. The summed E-state index contributed by atoms with van der Waals surface area (Å²) in [5.41, 5.74) is 0.499. The minimum atomic E-state index is -0.471. The zero-order chi connectivity index (χ0) is 20.9. The van der Waals surface area contributed by atoms with E-state index in [1.807, 2.05) is 0 Å². The van der Waals surface area contributed by atoms with Crippen molar-refractivity contribution in [1.82, 2.24) is 0 Å². The number of ether oxygens (including phenoxy) is 3. The van der Waals surface area contributed by atoms with E-state index < -0.39 is 5.79 Å². The molecule has 4 heteroatoms. The maximum Gasteiger partial charge on any atom is 0.302 e. The minimum Gasteiger partial charge on any atom is -0.465 e. The van der Waals surface area contributed by atoms with Gasteiger partial charge in [0.1, 0.15) is 0 Å². The standard InChI is InChI=1S/C25H40O4/c1-6-18-8-10-21-20-9-7-19-15-25(27-4,28-5)14-13-24(19,16-29-17(2)26)22(20)11-12-23(18,21)3/h6,18-22H,1,7-16H2,2-5H3/t18-,19-,20-,21-,22-,23+,24+/m0/s1. The summed E-state index contributed by atoms with van der Waals surface area (Å²) in [5, 5.41) is 0. The number of allylic oxidation sites excluding steroid dienone is 1. The second-order valence-electron chi connectivity index (χ2n) is 10.7. The molecule has 29 heavy (non-hydrogen) atoms. The van der Waals surface area contributed by atoms with Crippen LogP contribution in [-0.2, 0) is 19.0 Å². The van der Waals surface area contributed by atoms with Crippen LogP contribution in [0.3, 0.4) is 0 Å². The van der Waals surface area contributed by atoms with E-state index in [0.717, 1.165) is 31.1 Å². The van der Waals surface area contributed by atoms with Crippen LogP contribution in [0.15, 0.2) is 12.7 Å². The number of esters is 1. The Bertz CT molecular complexity index is 641. The van der Waals surface area contributed by atoms with Crippen molar-refractivity contribution in [2.45, 2.75) is 77.4 Å². The van der Waals surface area contributed by atoms with Crippen LogP contribution in [0.25, 0.3) is 0 Å². The van der Waals surface area contributed by atoms with Crippen molar-refractivity contribution in [3.63, 3.8) is 0 Å². The van der Waals surface area contributed by atoms with Crippen molar-refractivity contribution in [2.75, 3.05) is 20.8 Å². The van der Waals surface area contributed by atoms with Gasteiger partial charge in [-0.2, -0.15) is 0 Å². The first-order valence-electron chi connectivity index (χ1n) is 11.7. The highest BCUT2D eigenvalue weighted by Crippen LogP contribution is 2.68. The van der Waals surface area contributed by atoms with E-state index in [4.69, 9.17) is 14.2 Å². The number of hydrogen-bond donors (Lipinski definition) is 0. The van der Waals surface area contributed by atoms with Crippen LogP contribution < -0.4 is 0 Å². The maximum absolute atomic E-state index is 11.8. The van der Waals surface area contributed by atoms with E-state index >= 15 is 0 Å². The third-order valence-corrected chi connectivity index (χ3v) is 10.0. The largest absolute Gasteiger partial charge is 0.465 e. The lowest BCUT2D eigenvalue weighted by Gasteiger charge is -2.62. The molecule has 4 aliphatic carbocycles. The number of hydrogen-bond acceptors (Lipinski definition) is 4. The van der Waals surface area contributed by atoms with E-state index in [1.165, 1.54) is 38.5 Å². The summed E-state index contributed by atoms with van der Waals surface area (Å²) >= 11 is 0. The van der Waals surface area contributed by atoms with Crippen molar-refractivity contribution in [3.8, 4) is 0 Å². The third-order valence-electron chi connectivity index (χ3n) is 10.0. The van der Waals surface area contributed by atoms with Crippen LogP contribution in [0.4, 0.5) is 0 Å². The molecule has 0 aromatic carbocycles. The Morgan fingerprint density at radius 3 is 2.45 bits per heavy atom. The lowest BCUT2D eigenvalue weighted by Crippen LogP contribution is -2.59. The van der Waals surface area contributed by atoms with Gasteiger partial charge in [-0.15, -0.1) is 6.58 Å². The fourth-order valence-corrected chi connectivity index (χ4v) is 8.40. The molecule has 4 nitrogen and oxygen atoms in total. The Balaban J connectivity index is 1.65. The van der Waals surface area contributed by atoms with Crippen LogP contribution in [0.5, 0.6) is 0 Å². The van der Waals surface area contributed by atoms with Gasteiger partial charge in [-0.05, 0) is 80.0 Å². The van der Waals surface area contributed by atoms with E-state index in [9.17, 15) is 4.79 Å². The lowest BCUT2D eigenvalue weighted by atomic mass is 9.44. The minimum absolute atomic E-state index is 0.0861. The predicted molar refractivity (Wildman–Crippen MR) is 113 cm³/mol. The Morgan fingerprint density at radius 1 is 1.03 bits per heavy atom. The third kappa shape index (κ3) is 3.20. The van der Waals surface area contributed by atoms with Gasteiger partial charge in [0.05, 0.1) is 6.61 Å². The molecule has 0 saturated heterocycles. The molecular formula is C25H40O4. The monoisotopic (exact) mass is 404 g/mol. The van der Waals surface area contributed by atoms with Crippen molar-refractivity contribution >= 4 is 5.97 Å². The van der Waals surface area contributed by atoms with Gasteiger partial charge >= 0.3 is 5.97 Å². The maximum atomic E-state index is 11.8. The first-order valence-corrected chi connectivity index (χ1v) is 11.7. The summed E-state index contributed by atoms with van der Waals surface area (Å²) in [6, 6.07) is 0. The first-order chi connectivity index (χ1) is 13.8. The molecule has 0 bridgehead atoms. The summed E-state index contributed by atoms with van der Waals surface area (Å²) in [6.45, 7) is 8.81. The normalized spacial score (nSPS) is 45.6. The van der Waals surface area contributed by atoms with Gasteiger partial charge in [0, 0.05) is 39.4 Å². The Morgan fingerprint density at radius 2 is 1.79 bits per heavy atom. The molecule has 4 saturated carbocycles. The molecule has 0 aromatic heterocycles. The second kappa shape index (κ2) is 7.67. The zero-order valence-electron chi connectivity index (χ0n) is 18.9. The van der Waals surface area contributed by atoms with Crippen LogP contribution >= 0.6 is 0 Å². The van der Waals surface area contributed by atoms with Gasteiger partial charge in [-0.1, -0.05) is 13.0 Å². The number of fused-ring (bicyclic) bond motifs is 5. The average Bonchev–Trinajstić information content (AvgIpc) is 3.08. The van der Waals surface area contributed by atoms with E-state index in [1.54, 1.807) is 21.1 Å². The molecule has 0 spiro atoms. The Hall–Kier alpha value is -0.870. The average molecular weight is 405 g/mol. The molecule has 0 amide bonds. The van der Waals surface area contributed by atoms with Crippen molar-refractivity contribution in [1.29, 1.82) is 0 Å². The summed E-state index contributed by atoms with van der Waals surface area (Å²) in [4.78, 5) is 11.8. The molecule has 0 radical (unpaired) electrons. The molecule has 7 atom stereocenters. The van der Waals surface area contributed by atoms with Gasteiger partial charge in [-0.25, -0.2) is 0 Å². The molecular weight excluding hydrogens is 364 g/mol. The molecule has 164 valence electrons. The fourth-order valence-electron chi connectivity index (χ4n) is 8.40. The molecule has 0 aliphatic heterocycles. The summed E-state index contributed by atoms with van der Waals surface area (Å²) < 4.78 is 17.5. The molecule has 4 aliphatic rings. The Labute approximate surface area is 176 Å². The van der Waals surface area contributed by atoms with Crippen molar-refractivity contribution in [2.24, 2.45) is 40.4 Å². The number of rotatable bonds is 5. The molecule has 0 heterocycles. The number of methoxy groups -OCH3 is 2. The van der Waals surface area contributed by atoms with E-state index in [0.29, 0.717) is 29.8 Å². The molecule has 0 aromatic rings. The molecule has 0 N–H and O–H groups in total. The van der Waals surface area contributed by atoms with Crippen LogP contribution in [0.1, 0.15) is 71.6 Å². The van der Waals surface area contributed by atoms with Gasteiger partial charge in [0.15, 0.2) is 5.79 Å². The zero-order valence-corrected chi connectivity index (χ0v) is 18.9. The van der Waals surface area contributed by atoms with Gasteiger partial charge in [0.2, 0.25) is 0 Å². The number of carbonyl (C=O) groups is 1. The predicted octanol–water partition coefficient (Wildman–Crippen LogP) is 5.36. The van der Waals surface area contributed by atoms with Gasteiger partial charge < -0.3 is 14.2 Å². The lowest BCUT2D eigenvalue weighted by molar-refractivity contribution is -0.269. The van der Waals surface area contributed by atoms with E-state index in [-0.39, 0.29) is 11.4 Å². The van der Waals surface area contributed by atoms with E-state index in [2.05, 4.69) is 19.6 Å². The van der Waals surface area contributed by atoms with Gasteiger partial charge in [-0.3, -0.25) is 4.79 Å². The first kappa shape index (κ1) is 21.4. The smallest absolute Gasteiger partial charge is 0.302 e. The highest BCUT2D eigenvalue weighted by molar-refractivity contribution is 5.65. The molecule has 4 rings (SSSR count). The highest BCUT2D eigenvalue weighted by Gasteiger charge is 2.63. The topological polar surface area (TPSA) is 44.8 Å². The summed E-state index contributed by atoms with van der Waals surface area (Å²) in [7, 11) is 3.54. The van der Waals surface area contributed by atoms with Crippen LogP contribution in [-0.4, -0.2) is 32.6 Å². The number of carbonyl (C=O) groups excluding carboxylic acids is 1. The quantitative estimate of drug-likeness (QED) is 0.351. The molecule has 0 unspecified atom stereocenters.